The highest BCUT2D eigenvalue weighted by Gasteiger charge is 2.48. The van der Waals surface area contributed by atoms with Gasteiger partial charge in [-0.1, -0.05) is 34.4 Å². The molecule has 1 unspecified atom stereocenters. The van der Waals surface area contributed by atoms with Gasteiger partial charge in [0.05, 0.1) is 27.8 Å². The van der Waals surface area contributed by atoms with Crippen LogP contribution in [-0.4, -0.2) is 46.6 Å². The van der Waals surface area contributed by atoms with Crippen LogP contribution in [0.5, 0.6) is 0 Å². The third kappa shape index (κ3) is 3.40. The number of hydrogen-bond donors (Lipinski definition) is 1. The molecule has 1 spiro atoms. The SMILES string of the molecule is O=C(O)N1CCC2(CC1)COC(c1c(-c3c(Cl)cccc3Cl)noc1C1CC1)O2. The van der Waals surface area contributed by atoms with Crippen LogP contribution < -0.4 is 0 Å². The van der Waals surface area contributed by atoms with Gasteiger partial charge in [-0.05, 0) is 37.8 Å². The summed E-state index contributed by atoms with van der Waals surface area (Å²) in [5, 5.41) is 14.5. The molecule has 1 amide bonds. The molecule has 9 heteroatoms. The molecule has 0 radical (unpaired) electrons. The fraction of sp³-hybridized carbons (Fsp3) is 0.500. The molecular formula is C20H20Cl2N2O5. The topological polar surface area (TPSA) is 85.0 Å². The van der Waals surface area contributed by atoms with Crippen LogP contribution in [0, 0.1) is 0 Å². The van der Waals surface area contributed by atoms with Crippen molar-refractivity contribution in [3.05, 3.63) is 39.6 Å². The van der Waals surface area contributed by atoms with E-state index in [1.807, 2.05) is 0 Å². The summed E-state index contributed by atoms with van der Waals surface area (Å²) in [5.74, 6) is 1.06. The lowest BCUT2D eigenvalue weighted by Crippen LogP contribution is -2.47. The van der Waals surface area contributed by atoms with Crippen LogP contribution in [0.3, 0.4) is 0 Å². The van der Waals surface area contributed by atoms with E-state index in [2.05, 4.69) is 5.16 Å². The Labute approximate surface area is 177 Å². The zero-order chi connectivity index (χ0) is 20.2. The predicted octanol–water partition coefficient (Wildman–Crippen LogP) is 5.08. The molecule has 3 fully saturated rings. The van der Waals surface area contributed by atoms with E-state index in [1.165, 1.54) is 4.90 Å². The van der Waals surface area contributed by atoms with Crippen LogP contribution >= 0.6 is 23.2 Å². The summed E-state index contributed by atoms with van der Waals surface area (Å²) in [5.41, 5.74) is 1.40. The van der Waals surface area contributed by atoms with Crippen LogP contribution in [0.1, 0.15) is 49.2 Å². The molecule has 0 bridgehead atoms. The summed E-state index contributed by atoms with van der Waals surface area (Å²) in [6.45, 7) is 1.25. The highest BCUT2D eigenvalue weighted by molar-refractivity contribution is 6.39. The Morgan fingerprint density at radius 2 is 1.90 bits per heavy atom. The Hall–Kier alpha value is -1.80. The molecule has 1 aromatic heterocycles. The molecule has 2 aromatic rings. The van der Waals surface area contributed by atoms with Crippen molar-refractivity contribution in [1.82, 2.24) is 10.1 Å². The van der Waals surface area contributed by atoms with E-state index in [1.54, 1.807) is 18.2 Å². The summed E-state index contributed by atoms with van der Waals surface area (Å²) in [6.07, 6.45) is 1.69. The number of hydrogen-bond acceptors (Lipinski definition) is 5. The number of aromatic nitrogens is 1. The van der Waals surface area contributed by atoms with Crippen LogP contribution in [0.2, 0.25) is 10.0 Å². The zero-order valence-electron chi connectivity index (χ0n) is 15.6. The van der Waals surface area contributed by atoms with Gasteiger partial charge in [-0.2, -0.15) is 0 Å². The van der Waals surface area contributed by atoms with E-state index in [4.69, 9.17) is 37.2 Å². The Kier molecular flexibility index (Phi) is 4.74. The van der Waals surface area contributed by atoms with Gasteiger partial charge in [0.15, 0.2) is 6.29 Å². The molecule has 154 valence electrons. The lowest BCUT2D eigenvalue weighted by Gasteiger charge is -2.36. The summed E-state index contributed by atoms with van der Waals surface area (Å²) < 4.78 is 18.2. The van der Waals surface area contributed by atoms with Gasteiger partial charge in [0, 0.05) is 24.6 Å². The van der Waals surface area contributed by atoms with E-state index in [0.29, 0.717) is 59.8 Å². The minimum Gasteiger partial charge on any atom is -0.465 e. The van der Waals surface area contributed by atoms with Gasteiger partial charge in [0.1, 0.15) is 11.5 Å². The summed E-state index contributed by atoms with van der Waals surface area (Å²) in [4.78, 5) is 12.6. The molecule has 5 rings (SSSR count). The number of amides is 1. The third-order valence-corrected chi connectivity index (χ3v) is 6.57. The van der Waals surface area contributed by atoms with Crippen molar-refractivity contribution in [3.63, 3.8) is 0 Å². The Balaban J connectivity index is 1.47. The Bertz CT molecular complexity index is 930. The Morgan fingerprint density at radius 1 is 1.21 bits per heavy atom. The number of rotatable bonds is 3. The molecule has 1 aliphatic carbocycles. The maximum absolute atomic E-state index is 11.2. The quantitative estimate of drug-likeness (QED) is 0.718. The maximum Gasteiger partial charge on any atom is 0.407 e. The smallest absolute Gasteiger partial charge is 0.407 e. The average molecular weight is 439 g/mol. The first-order valence-corrected chi connectivity index (χ1v) is 10.4. The van der Waals surface area contributed by atoms with Gasteiger partial charge in [-0.3, -0.25) is 0 Å². The van der Waals surface area contributed by atoms with Crippen molar-refractivity contribution >= 4 is 29.3 Å². The first-order chi connectivity index (χ1) is 14.0. The normalized spacial score (nSPS) is 23.7. The van der Waals surface area contributed by atoms with E-state index in [-0.39, 0.29) is 0 Å². The number of carbonyl (C=O) groups is 1. The predicted molar refractivity (Wildman–Crippen MR) is 105 cm³/mol. The fourth-order valence-corrected chi connectivity index (χ4v) is 4.69. The second-order valence-corrected chi connectivity index (χ2v) is 8.71. The highest BCUT2D eigenvalue weighted by Crippen LogP contribution is 2.51. The van der Waals surface area contributed by atoms with E-state index >= 15 is 0 Å². The first kappa shape index (κ1) is 19.2. The average Bonchev–Trinajstić information content (AvgIpc) is 3.33. The molecule has 1 N–H and O–H groups in total. The van der Waals surface area contributed by atoms with Crippen LogP contribution in [-0.2, 0) is 9.47 Å². The van der Waals surface area contributed by atoms with Crippen LogP contribution in [0.4, 0.5) is 4.79 Å². The van der Waals surface area contributed by atoms with Gasteiger partial charge in [0.2, 0.25) is 0 Å². The van der Waals surface area contributed by atoms with Crippen molar-refractivity contribution in [3.8, 4) is 11.3 Å². The minimum absolute atomic E-state index is 0.296. The molecular weight excluding hydrogens is 419 g/mol. The van der Waals surface area contributed by atoms with Gasteiger partial charge in [-0.25, -0.2) is 4.79 Å². The van der Waals surface area contributed by atoms with E-state index in [0.717, 1.165) is 24.2 Å². The molecule has 2 aliphatic heterocycles. The molecule has 1 saturated carbocycles. The fourth-order valence-electron chi connectivity index (χ4n) is 4.11. The summed E-state index contributed by atoms with van der Waals surface area (Å²) in [7, 11) is 0. The van der Waals surface area contributed by atoms with E-state index < -0.39 is 18.0 Å². The van der Waals surface area contributed by atoms with Gasteiger partial charge in [-0.15, -0.1) is 0 Å². The number of ether oxygens (including phenoxy) is 2. The summed E-state index contributed by atoms with van der Waals surface area (Å²) in [6, 6.07) is 5.30. The van der Waals surface area contributed by atoms with Gasteiger partial charge in [0.25, 0.3) is 0 Å². The molecule has 1 aromatic carbocycles. The van der Waals surface area contributed by atoms with Crippen molar-refractivity contribution in [2.45, 2.75) is 43.5 Å². The highest BCUT2D eigenvalue weighted by atomic mass is 35.5. The number of piperidine rings is 1. The number of carboxylic acid groups (broad SMARTS) is 1. The molecule has 29 heavy (non-hydrogen) atoms. The molecule has 2 saturated heterocycles. The first-order valence-electron chi connectivity index (χ1n) is 9.68. The van der Waals surface area contributed by atoms with Crippen molar-refractivity contribution < 1.29 is 23.9 Å². The second kappa shape index (κ2) is 7.16. The molecule has 1 atom stereocenters. The minimum atomic E-state index is -0.902. The molecule has 3 heterocycles. The third-order valence-electron chi connectivity index (χ3n) is 5.94. The standard InChI is InChI=1S/C20H20Cl2N2O5/c21-12-2-1-3-13(22)14(12)16-15(17(29-23-16)11-4-5-11)18-27-10-20(28-18)6-8-24(9-7-20)19(25)26/h1-3,11,18H,4-10H2,(H,25,26). The maximum atomic E-state index is 11.2. The molecule has 7 nitrogen and oxygen atoms in total. The number of benzene rings is 1. The second-order valence-electron chi connectivity index (χ2n) is 7.89. The summed E-state index contributed by atoms with van der Waals surface area (Å²) >= 11 is 12.9. The van der Waals surface area contributed by atoms with Gasteiger partial charge >= 0.3 is 6.09 Å². The monoisotopic (exact) mass is 438 g/mol. The zero-order valence-corrected chi connectivity index (χ0v) is 17.1. The van der Waals surface area contributed by atoms with Crippen LogP contribution in [0.15, 0.2) is 22.7 Å². The van der Waals surface area contributed by atoms with Crippen LogP contribution in [0.25, 0.3) is 11.3 Å². The lowest BCUT2D eigenvalue weighted by atomic mass is 9.92. The molecule has 3 aliphatic rings. The Morgan fingerprint density at radius 3 is 2.52 bits per heavy atom. The number of likely N-dealkylation sites (tertiary alicyclic amines) is 1. The van der Waals surface area contributed by atoms with Crippen molar-refractivity contribution in [1.29, 1.82) is 0 Å². The largest absolute Gasteiger partial charge is 0.465 e. The van der Waals surface area contributed by atoms with Gasteiger partial charge < -0.3 is 24.0 Å². The number of halogens is 2. The van der Waals surface area contributed by atoms with Crippen molar-refractivity contribution in [2.75, 3.05) is 19.7 Å². The number of nitrogens with zero attached hydrogens (tertiary/aromatic N) is 2. The van der Waals surface area contributed by atoms with Crippen molar-refractivity contribution in [2.24, 2.45) is 0 Å². The van der Waals surface area contributed by atoms with E-state index in [9.17, 15) is 9.90 Å². The lowest BCUT2D eigenvalue weighted by molar-refractivity contribution is -0.107.